The van der Waals surface area contributed by atoms with Crippen molar-refractivity contribution in [2.75, 3.05) is 6.54 Å². The normalized spacial score (nSPS) is 12.9. The molecule has 0 amide bonds. The molecule has 112 valence electrons. The minimum Gasteiger partial charge on any atom is -0.293 e. The molecule has 0 spiro atoms. The molecule has 0 bridgehead atoms. The summed E-state index contributed by atoms with van der Waals surface area (Å²) in [6, 6.07) is 0. The molecule has 1 nitrogen and oxygen atoms in total. The first-order chi connectivity index (χ1) is 9.60. The van der Waals surface area contributed by atoms with Gasteiger partial charge in [0, 0.05) is 12.8 Å². The highest BCUT2D eigenvalue weighted by Gasteiger charge is 1.91. The van der Waals surface area contributed by atoms with Gasteiger partial charge in [0.25, 0.3) is 0 Å². The lowest BCUT2D eigenvalue weighted by Crippen LogP contribution is -1.84. The van der Waals surface area contributed by atoms with E-state index < -0.39 is 0 Å². The van der Waals surface area contributed by atoms with Crippen LogP contribution in [0, 0.1) is 0 Å². The fourth-order valence-corrected chi connectivity index (χ4v) is 1.75. The Morgan fingerprint density at radius 2 is 1.80 bits per heavy atom. The van der Waals surface area contributed by atoms with Crippen LogP contribution < -0.4 is 0 Å². The maximum atomic E-state index is 4.41. The summed E-state index contributed by atoms with van der Waals surface area (Å²) in [6.07, 6.45) is 15.1. The first kappa shape index (κ1) is 18.6. The summed E-state index contributed by atoms with van der Waals surface area (Å²) in [5, 5.41) is 0. The van der Waals surface area contributed by atoms with Gasteiger partial charge in [-0.3, -0.25) is 4.99 Å². The van der Waals surface area contributed by atoms with Gasteiger partial charge in [-0.1, -0.05) is 55.9 Å². The molecule has 1 heteroatoms. The topological polar surface area (TPSA) is 12.4 Å². The molecule has 0 saturated heterocycles. The van der Waals surface area contributed by atoms with Gasteiger partial charge >= 0.3 is 0 Å². The summed E-state index contributed by atoms with van der Waals surface area (Å²) in [5.74, 6) is 0. The molecule has 0 N–H and O–H groups in total. The first-order valence-electron chi connectivity index (χ1n) is 7.72. The quantitative estimate of drug-likeness (QED) is 0.188. The third-order valence-corrected chi connectivity index (χ3v) is 3.19. The summed E-state index contributed by atoms with van der Waals surface area (Å²) in [7, 11) is 0. The summed E-state index contributed by atoms with van der Waals surface area (Å²) < 4.78 is 0. The predicted octanol–water partition coefficient (Wildman–Crippen LogP) is 6.05. The molecular formula is C19H31N. The first-order valence-corrected chi connectivity index (χ1v) is 7.72. The average Bonchev–Trinajstić information content (AvgIpc) is 2.43. The molecule has 0 aromatic carbocycles. The second kappa shape index (κ2) is 12.7. The molecule has 0 atom stereocenters. The van der Waals surface area contributed by atoms with Crippen molar-refractivity contribution in [1.29, 1.82) is 0 Å². The molecular weight excluding hydrogens is 242 g/mol. The van der Waals surface area contributed by atoms with Crippen LogP contribution in [0.1, 0.15) is 59.3 Å². The predicted molar refractivity (Wildman–Crippen MR) is 93.6 cm³/mol. The number of hydrogen-bond acceptors (Lipinski definition) is 1. The molecule has 0 aromatic rings. The third kappa shape index (κ3) is 11.7. The Hall–Kier alpha value is -1.37. The van der Waals surface area contributed by atoms with Crippen LogP contribution in [0.2, 0.25) is 0 Å². The summed E-state index contributed by atoms with van der Waals surface area (Å²) in [5.41, 5.74) is 3.84. The van der Waals surface area contributed by atoms with Gasteiger partial charge in [0.15, 0.2) is 0 Å². The van der Waals surface area contributed by atoms with Crippen LogP contribution in [0.15, 0.2) is 53.1 Å². The number of allylic oxidation sites excluding steroid dienone is 6. The van der Waals surface area contributed by atoms with Crippen molar-refractivity contribution in [3.8, 4) is 0 Å². The van der Waals surface area contributed by atoms with Crippen LogP contribution in [-0.2, 0) is 0 Å². The molecule has 0 fully saturated rings. The molecule has 0 unspecified atom stereocenters. The van der Waals surface area contributed by atoms with Crippen LogP contribution in [0.25, 0.3) is 0 Å². The van der Waals surface area contributed by atoms with Gasteiger partial charge in [-0.2, -0.15) is 0 Å². The van der Waals surface area contributed by atoms with E-state index in [-0.39, 0.29) is 0 Å². The van der Waals surface area contributed by atoms with E-state index in [0.29, 0.717) is 0 Å². The minimum absolute atomic E-state index is 0.952. The van der Waals surface area contributed by atoms with Crippen molar-refractivity contribution in [3.05, 3.63) is 48.1 Å². The van der Waals surface area contributed by atoms with E-state index in [0.717, 1.165) is 37.8 Å². The van der Waals surface area contributed by atoms with Crippen LogP contribution in [0.3, 0.4) is 0 Å². The van der Waals surface area contributed by atoms with E-state index >= 15 is 0 Å². The Morgan fingerprint density at radius 1 is 1.10 bits per heavy atom. The Kier molecular flexibility index (Phi) is 11.8. The van der Waals surface area contributed by atoms with Crippen LogP contribution in [0.4, 0.5) is 0 Å². The largest absolute Gasteiger partial charge is 0.293 e. The SMILES string of the molecule is C=CC(=C)CC/C=C(\C)CC/C=C(C)/C=N/CCCC. The zero-order chi connectivity index (χ0) is 15.2. The molecule has 0 rings (SSSR count). The molecule has 20 heavy (non-hydrogen) atoms. The molecule has 0 aliphatic rings. The standard InChI is InChI=1S/C19H31N/c1-6-8-15-20-16-19(5)14-10-13-18(4)12-9-11-17(3)7-2/h7,12,14,16H,2-3,6,8-11,13,15H2,1,4-5H3/b18-12+,19-14+,20-16+. The van der Waals surface area contributed by atoms with Crippen molar-refractivity contribution in [2.45, 2.75) is 59.3 Å². The maximum absolute atomic E-state index is 4.41. The Balaban J connectivity index is 3.90. The molecule has 0 heterocycles. The van der Waals surface area contributed by atoms with Crippen molar-refractivity contribution in [3.63, 3.8) is 0 Å². The fraction of sp³-hybridized carbons (Fsp3) is 0.526. The Bertz CT molecular complexity index is 369. The molecule has 0 radical (unpaired) electrons. The van der Waals surface area contributed by atoms with E-state index in [9.17, 15) is 0 Å². The van der Waals surface area contributed by atoms with Gasteiger partial charge in [-0.05, 0) is 51.5 Å². The lowest BCUT2D eigenvalue weighted by Gasteiger charge is -2.00. The van der Waals surface area contributed by atoms with Crippen LogP contribution in [0.5, 0.6) is 0 Å². The zero-order valence-corrected chi connectivity index (χ0v) is 13.6. The second-order valence-corrected chi connectivity index (χ2v) is 5.33. The minimum atomic E-state index is 0.952. The fourth-order valence-electron chi connectivity index (χ4n) is 1.75. The monoisotopic (exact) mass is 273 g/mol. The lowest BCUT2D eigenvalue weighted by atomic mass is 10.1. The second-order valence-electron chi connectivity index (χ2n) is 5.33. The van der Waals surface area contributed by atoms with Gasteiger partial charge in [0.2, 0.25) is 0 Å². The molecule has 0 aromatic heterocycles. The molecule has 0 saturated carbocycles. The van der Waals surface area contributed by atoms with E-state index in [2.05, 4.69) is 51.1 Å². The smallest absolute Gasteiger partial charge is 0.0389 e. The van der Waals surface area contributed by atoms with E-state index in [4.69, 9.17) is 0 Å². The average molecular weight is 273 g/mol. The number of hydrogen-bond donors (Lipinski definition) is 0. The number of aliphatic imine (C=N–C) groups is 1. The summed E-state index contributed by atoms with van der Waals surface area (Å²) in [4.78, 5) is 4.41. The van der Waals surface area contributed by atoms with Gasteiger partial charge in [-0.15, -0.1) is 0 Å². The van der Waals surface area contributed by atoms with E-state index in [1.165, 1.54) is 24.0 Å². The third-order valence-electron chi connectivity index (χ3n) is 3.19. The highest BCUT2D eigenvalue weighted by atomic mass is 14.7. The number of rotatable bonds is 11. The van der Waals surface area contributed by atoms with Crippen molar-refractivity contribution in [1.82, 2.24) is 0 Å². The van der Waals surface area contributed by atoms with Crippen molar-refractivity contribution >= 4 is 6.21 Å². The number of unbranched alkanes of at least 4 members (excludes halogenated alkanes) is 1. The Morgan fingerprint density at radius 3 is 2.45 bits per heavy atom. The lowest BCUT2D eigenvalue weighted by molar-refractivity contribution is 0.810. The van der Waals surface area contributed by atoms with Gasteiger partial charge in [0.05, 0.1) is 0 Å². The van der Waals surface area contributed by atoms with Gasteiger partial charge < -0.3 is 0 Å². The van der Waals surface area contributed by atoms with Crippen LogP contribution in [-0.4, -0.2) is 12.8 Å². The summed E-state index contributed by atoms with van der Waals surface area (Å²) >= 11 is 0. The Labute approximate surface area is 125 Å². The van der Waals surface area contributed by atoms with Gasteiger partial charge in [0.1, 0.15) is 0 Å². The van der Waals surface area contributed by atoms with Crippen molar-refractivity contribution < 1.29 is 0 Å². The molecule has 0 aliphatic heterocycles. The van der Waals surface area contributed by atoms with Crippen molar-refractivity contribution in [2.24, 2.45) is 4.99 Å². The van der Waals surface area contributed by atoms with E-state index in [1.807, 2.05) is 12.3 Å². The van der Waals surface area contributed by atoms with E-state index in [1.54, 1.807) is 0 Å². The highest BCUT2D eigenvalue weighted by molar-refractivity contribution is 5.77. The number of nitrogens with zero attached hydrogens (tertiary/aromatic N) is 1. The van der Waals surface area contributed by atoms with Gasteiger partial charge in [-0.25, -0.2) is 0 Å². The molecule has 0 aliphatic carbocycles. The maximum Gasteiger partial charge on any atom is 0.0389 e. The van der Waals surface area contributed by atoms with Crippen LogP contribution >= 0.6 is 0 Å². The zero-order valence-electron chi connectivity index (χ0n) is 13.6. The highest BCUT2D eigenvalue weighted by Crippen LogP contribution is 2.10. The summed E-state index contributed by atoms with van der Waals surface area (Å²) in [6.45, 7) is 15.1.